The number of carbonyl (C=O) groups excluding carboxylic acids is 1. The Hall–Kier alpha value is -0.810. The molecule has 0 aromatic carbocycles. The van der Waals surface area contributed by atoms with Crippen molar-refractivity contribution < 1.29 is 22.4 Å². The van der Waals surface area contributed by atoms with Crippen LogP contribution in [0.2, 0.25) is 0 Å². The molecule has 2 nitrogen and oxygen atoms in total. The van der Waals surface area contributed by atoms with Gasteiger partial charge in [-0.3, -0.25) is 4.79 Å². The summed E-state index contributed by atoms with van der Waals surface area (Å²) in [6.07, 6.45) is -2.70. The SMILES string of the molecule is CN(C(=O)C(F)(F)C(F)F)C1CC1. The molecule has 13 heavy (non-hydrogen) atoms. The summed E-state index contributed by atoms with van der Waals surface area (Å²) in [5, 5.41) is 0. The molecule has 76 valence electrons. The van der Waals surface area contributed by atoms with E-state index in [1.807, 2.05) is 0 Å². The van der Waals surface area contributed by atoms with E-state index in [0.717, 1.165) is 7.05 Å². The fraction of sp³-hybridized carbons (Fsp3) is 0.857. The Morgan fingerprint density at radius 1 is 1.46 bits per heavy atom. The van der Waals surface area contributed by atoms with Crippen LogP contribution in [0.25, 0.3) is 0 Å². The first-order chi connectivity index (χ1) is 5.87. The summed E-state index contributed by atoms with van der Waals surface area (Å²) in [4.78, 5) is 11.5. The van der Waals surface area contributed by atoms with Crippen molar-refractivity contribution in [3.05, 3.63) is 0 Å². The Kier molecular flexibility index (Phi) is 2.49. The number of hydrogen-bond donors (Lipinski definition) is 0. The molecule has 0 aliphatic heterocycles. The lowest BCUT2D eigenvalue weighted by Gasteiger charge is -2.22. The summed E-state index contributed by atoms with van der Waals surface area (Å²) in [6, 6.07) is -0.280. The molecule has 1 amide bonds. The average molecular weight is 199 g/mol. The predicted octanol–water partition coefficient (Wildman–Crippen LogP) is 1.51. The van der Waals surface area contributed by atoms with Gasteiger partial charge in [0.1, 0.15) is 0 Å². The quantitative estimate of drug-likeness (QED) is 0.631. The minimum atomic E-state index is -4.54. The van der Waals surface area contributed by atoms with Gasteiger partial charge in [0.15, 0.2) is 0 Å². The number of halogens is 4. The summed E-state index contributed by atoms with van der Waals surface area (Å²) in [6.45, 7) is 0. The van der Waals surface area contributed by atoms with Crippen LogP contribution in [0.3, 0.4) is 0 Å². The lowest BCUT2D eigenvalue weighted by molar-refractivity contribution is -0.179. The van der Waals surface area contributed by atoms with E-state index < -0.39 is 18.3 Å². The molecule has 6 heteroatoms. The number of hydrogen-bond acceptors (Lipinski definition) is 1. The normalized spacial score (nSPS) is 17.7. The van der Waals surface area contributed by atoms with Gasteiger partial charge in [0, 0.05) is 13.1 Å². The second-order valence-corrected chi connectivity index (χ2v) is 3.07. The van der Waals surface area contributed by atoms with Crippen LogP contribution in [0.15, 0.2) is 0 Å². The fourth-order valence-electron chi connectivity index (χ4n) is 0.956. The lowest BCUT2D eigenvalue weighted by Crippen LogP contribution is -2.46. The minimum Gasteiger partial charge on any atom is -0.337 e. The van der Waals surface area contributed by atoms with Gasteiger partial charge in [-0.1, -0.05) is 0 Å². The third kappa shape index (κ3) is 1.92. The lowest BCUT2D eigenvalue weighted by atomic mass is 10.3. The molecule has 1 aliphatic carbocycles. The van der Waals surface area contributed by atoms with E-state index in [9.17, 15) is 22.4 Å². The van der Waals surface area contributed by atoms with Crippen molar-refractivity contribution in [1.29, 1.82) is 0 Å². The molecule has 0 spiro atoms. The van der Waals surface area contributed by atoms with Gasteiger partial charge in [-0.2, -0.15) is 8.78 Å². The number of nitrogens with zero attached hydrogens (tertiary/aromatic N) is 1. The van der Waals surface area contributed by atoms with Crippen LogP contribution in [0, 0.1) is 0 Å². The Morgan fingerprint density at radius 2 is 1.92 bits per heavy atom. The Bertz CT molecular complexity index is 215. The van der Waals surface area contributed by atoms with Gasteiger partial charge >= 0.3 is 12.3 Å². The maximum absolute atomic E-state index is 12.4. The van der Waals surface area contributed by atoms with Crippen molar-refractivity contribution in [2.45, 2.75) is 31.2 Å². The summed E-state index contributed by atoms with van der Waals surface area (Å²) in [5.74, 6) is -6.33. The number of carbonyl (C=O) groups is 1. The Balaban J connectivity index is 2.64. The zero-order chi connectivity index (χ0) is 10.2. The molecule has 1 rings (SSSR count). The molecule has 0 heterocycles. The van der Waals surface area contributed by atoms with E-state index >= 15 is 0 Å². The topological polar surface area (TPSA) is 20.3 Å². The van der Waals surface area contributed by atoms with E-state index in [4.69, 9.17) is 0 Å². The molecule has 0 radical (unpaired) electrons. The van der Waals surface area contributed by atoms with E-state index in [-0.39, 0.29) is 6.04 Å². The van der Waals surface area contributed by atoms with Crippen LogP contribution in [-0.4, -0.2) is 36.2 Å². The average Bonchev–Trinajstić information content (AvgIpc) is 2.83. The largest absolute Gasteiger partial charge is 0.383 e. The zero-order valence-corrected chi connectivity index (χ0v) is 6.94. The molecular formula is C7H9F4NO. The van der Waals surface area contributed by atoms with Crippen LogP contribution in [-0.2, 0) is 4.79 Å². The van der Waals surface area contributed by atoms with Crippen molar-refractivity contribution in [3.8, 4) is 0 Å². The van der Waals surface area contributed by atoms with Crippen LogP contribution in [0.5, 0.6) is 0 Å². The third-order valence-corrected chi connectivity index (χ3v) is 1.97. The van der Waals surface area contributed by atoms with Gasteiger partial charge in [-0.25, -0.2) is 8.78 Å². The molecule has 0 saturated heterocycles. The number of rotatable bonds is 3. The highest BCUT2D eigenvalue weighted by molar-refractivity contribution is 5.84. The van der Waals surface area contributed by atoms with Crippen LogP contribution in [0.4, 0.5) is 17.6 Å². The van der Waals surface area contributed by atoms with E-state index in [0.29, 0.717) is 17.7 Å². The Morgan fingerprint density at radius 3 is 2.23 bits per heavy atom. The van der Waals surface area contributed by atoms with E-state index in [1.165, 1.54) is 0 Å². The molecule has 0 atom stereocenters. The molecule has 0 aromatic rings. The standard InChI is InChI=1S/C7H9F4NO/c1-12(4-2-3-4)6(13)7(10,11)5(8)9/h4-5H,2-3H2,1H3. The summed E-state index contributed by atoms with van der Waals surface area (Å²) in [5.41, 5.74) is 0. The van der Waals surface area contributed by atoms with Gasteiger partial charge in [-0.05, 0) is 12.8 Å². The maximum Gasteiger partial charge on any atom is 0.383 e. The third-order valence-electron chi connectivity index (χ3n) is 1.97. The zero-order valence-electron chi connectivity index (χ0n) is 6.94. The summed E-state index contributed by atoms with van der Waals surface area (Å²) < 4.78 is 48.3. The summed E-state index contributed by atoms with van der Waals surface area (Å²) in [7, 11) is 1.12. The van der Waals surface area contributed by atoms with Crippen LogP contribution in [0.1, 0.15) is 12.8 Å². The van der Waals surface area contributed by atoms with Gasteiger partial charge < -0.3 is 4.90 Å². The molecular weight excluding hydrogens is 190 g/mol. The number of alkyl halides is 4. The second-order valence-electron chi connectivity index (χ2n) is 3.07. The molecule has 0 unspecified atom stereocenters. The van der Waals surface area contributed by atoms with Gasteiger partial charge in [0.05, 0.1) is 0 Å². The monoisotopic (exact) mass is 199 g/mol. The van der Waals surface area contributed by atoms with Crippen molar-refractivity contribution in [1.82, 2.24) is 4.90 Å². The second kappa shape index (κ2) is 3.16. The molecule has 1 aliphatic rings. The highest BCUT2D eigenvalue weighted by atomic mass is 19.3. The molecule has 0 aromatic heterocycles. The van der Waals surface area contributed by atoms with Gasteiger partial charge in [0.25, 0.3) is 5.91 Å². The van der Waals surface area contributed by atoms with Crippen LogP contribution < -0.4 is 0 Å². The first kappa shape index (κ1) is 10.3. The van der Waals surface area contributed by atoms with E-state index in [1.54, 1.807) is 0 Å². The highest BCUT2D eigenvalue weighted by Gasteiger charge is 2.52. The van der Waals surface area contributed by atoms with Crippen LogP contribution >= 0.6 is 0 Å². The maximum atomic E-state index is 12.4. The Labute approximate surface area is 72.5 Å². The van der Waals surface area contributed by atoms with Crippen molar-refractivity contribution in [2.75, 3.05) is 7.05 Å². The molecule has 1 fully saturated rings. The molecule has 1 saturated carbocycles. The minimum absolute atomic E-state index is 0.280. The van der Waals surface area contributed by atoms with Gasteiger partial charge in [0.2, 0.25) is 0 Å². The van der Waals surface area contributed by atoms with Gasteiger partial charge in [-0.15, -0.1) is 0 Å². The first-order valence-corrected chi connectivity index (χ1v) is 3.80. The van der Waals surface area contributed by atoms with E-state index in [2.05, 4.69) is 0 Å². The molecule has 0 bridgehead atoms. The van der Waals surface area contributed by atoms with Crippen molar-refractivity contribution in [3.63, 3.8) is 0 Å². The predicted molar refractivity (Wildman–Crippen MR) is 36.7 cm³/mol. The fourth-order valence-corrected chi connectivity index (χ4v) is 0.956. The first-order valence-electron chi connectivity index (χ1n) is 3.80. The summed E-state index contributed by atoms with van der Waals surface area (Å²) >= 11 is 0. The molecule has 0 N–H and O–H groups in total. The smallest absolute Gasteiger partial charge is 0.337 e. The van der Waals surface area contributed by atoms with Crippen molar-refractivity contribution in [2.24, 2.45) is 0 Å². The van der Waals surface area contributed by atoms with Crippen molar-refractivity contribution >= 4 is 5.91 Å². The highest BCUT2D eigenvalue weighted by Crippen LogP contribution is 2.31. The number of amides is 1.